The highest BCUT2D eigenvalue weighted by molar-refractivity contribution is 5.80. The fourth-order valence-electron chi connectivity index (χ4n) is 1.52. The second-order valence-electron chi connectivity index (χ2n) is 4.28. The molecule has 0 aromatic rings. The van der Waals surface area contributed by atoms with E-state index in [-0.39, 0.29) is 11.9 Å². The van der Waals surface area contributed by atoms with Gasteiger partial charge in [0.25, 0.3) is 0 Å². The van der Waals surface area contributed by atoms with Crippen LogP contribution in [0.2, 0.25) is 0 Å². The molecule has 0 aromatic heterocycles. The van der Waals surface area contributed by atoms with Crippen molar-refractivity contribution in [2.24, 2.45) is 5.73 Å². The number of nitrogens with one attached hydrogen (secondary N) is 1. The highest BCUT2D eigenvalue weighted by atomic mass is 16.5. The minimum absolute atomic E-state index is 0.289. The normalized spacial score (nSPS) is 24.3. The summed E-state index contributed by atoms with van der Waals surface area (Å²) < 4.78 is 5.57. The molecule has 0 radical (unpaired) electrons. The van der Waals surface area contributed by atoms with Gasteiger partial charge < -0.3 is 15.8 Å². The zero-order valence-electron chi connectivity index (χ0n) is 8.37. The van der Waals surface area contributed by atoms with Gasteiger partial charge in [-0.05, 0) is 32.1 Å². The Morgan fingerprint density at radius 2 is 2.14 bits per heavy atom. The van der Waals surface area contributed by atoms with Crippen LogP contribution in [0.1, 0.15) is 32.1 Å². The van der Waals surface area contributed by atoms with Crippen molar-refractivity contribution in [2.75, 3.05) is 6.61 Å². The van der Waals surface area contributed by atoms with E-state index in [1.165, 1.54) is 6.42 Å². The van der Waals surface area contributed by atoms with Crippen LogP contribution < -0.4 is 11.1 Å². The number of rotatable bonds is 6. The Kier molecular flexibility index (Phi) is 3.03. The van der Waals surface area contributed by atoms with E-state index in [9.17, 15) is 4.79 Å². The Morgan fingerprint density at radius 3 is 2.57 bits per heavy atom. The first-order valence-electron chi connectivity index (χ1n) is 5.42. The van der Waals surface area contributed by atoms with Crippen molar-refractivity contribution < 1.29 is 9.53 Å². The van der Waals surface area contributed by atoms with Gasteiger partial charge in [0, 0.05) is 6.04 Å². The summed E-state index contributed by atoms with van der Waals surface area (Å²) >= 11 is 0. The van der Waals surface area contributed by atoms with Gasteiger partial charge in [-0.2, -0.15) is 0 Å². The van der Waals surface area contributed by atoms with E-state index in [1.807, 2.05) is 0 Å². The number of carbonyl (C=O) groups is 1. The van der Waals surface area contributed by atoms with Gasteiger partial charge in [0.1, 0.15) is 6.04 Å². The minimum atomic E-state index is -0.295. The van der Waals surface area contributed by atoms with E-state index in [0.717, 1.165) is 25.7 Å². The van der Waals surface area contributed by atoms with E-state index in [1.54, 1.807) is 0 Å². The molecule has 0 aliphatic heterocycles. The van der Waals surface area contributed by atoms with Crippen molar-refractivity contribution in [2.45, 2.75) is 50.3 Å². The molecule has 2 aliphatic rings. The Hall–Kier alpha value is -0.610. The SMILES string of the molecule is NC(=O)C(COC1CCC1)NC1CC1. The van der Waals surface area contributed by atoms with Gasteiger partial charge in [-0.25, -0.2) is 0 Å². The Bertz CT molecular complexity index is 212. The second-order valence-corrected chi connectivity index (χ2v) is 4.28. The van der Waals surface area contributed by atoms with Crippen molar-refractivity contribution >= 4 is 5.91 Å². The molecular formula is C10H18N2O2. The lowest BCUT2D eigenvalue weighted by molar-refractivity contribution is -0.122. The van der Waals surface area contributed by atoms with Crippen LogP contribution in [0.15, 0.2) is 0 Å². The molecule has 2 aliphatic carbocycles. The number of amides is 1. The number of nitrogens with two attached hydrogens (primary N) is 1. The molecule has 1 unspecified atom stereocenters. The van der Waals surface area contributed by atoms with Crippen molar-refractivity contribution in [1.29, 1.82) is 0 Å². The maximum absolute atomic E-state index is 11.1. The summed E-state index contributed by atoms with van der Waals surface area (Å²) in [6.07, 6.45) is 6.21. The third-order valence-corrected chi connectivity index (χ3v) is 2.91. The zero-order valence-corrected chi connectivity index (χ0v) is 8.37. The van der Waals surface area contributed by atoms with Gasteiger partial charge in [0.05, 0.1) is 12.7 Å². The quantitative estimate of drug-likeness (QED) is 0.639. The van der Waals surface area contributed by atoms with Gasteiger partial charge in [-0.1, -0.05) is 0 Å². The number of hydrogen-bond donors (Lipinski definition) is 2. The van der Waals surface area contributed by atoms with Crippen molar-refractivity contribution in [3.63, 3.8) is 0 Å². The average molecular weight is 198 g/mol. The number of primary amides is 1. The van der Waals surface area contributed by atoms with Crippen LogP contribution in [0.25, 0.3) is 0 Å². The third kappa shape index (κ3) is 2.69. The first-order chi connectivity index (χ1) is 6.75. The predicted molar refractivity (Wildman–Crippen MR) is 52.7 cm³/mol. The number of carbonyl (C=O) groups excluding carboxylic acids is 1. The van der Waals surface area contributed by atoms with Gasteiger partial charge in [0.2, 0.25) is 5.91 Å². The van der Waals surface area contributed by atoms with Crippen LogP contribution in [-0.2, 0) is 9.53 Å². The number of ether oxygens (including phenoxy) is 1. The van der Waals surface area contributed by atoms with Crippen LogP contribution in [-0.4, -0.2) is 30.7 Å². The summed E-state index contributed by atoms with van der Waals surface area (Å²) in [4.78, 5) is 11.1. The summed E-state index contributed by atoms with van der Waals surface area (Å²) in [6.45, 7) is 0.441. The molecule has 2 rings (SSSR count). The van der Waals surface area contributed by atoms with E-state index in [2.05, 4.69) is 5.32 Å². The fourth-order valence-corrected chi connectivity index (χ4v) is 1.52. The van der Waals surface area contributed by atoms with E-state index < -0.39 is 0 Å². The van der Waals surface area contributed by atoms with Crippen LogP contribution in [0.3, 0.4) is 0 Å². The highest BCUT2D eigenvalue weighted by Crippen LogP contribution is 2.23. The molecule has 4 nitrogen and oxygen atoms in total. The molecule has 0 heterocycles. The summed E-state index contributed by atoms with van der Waals surface area (Å²) in [6, 6.07) is 0.209. The van der Waals surface area contributed by atoms with Crippen LogP contribution in [0.4, 0.5) is 0 Å². The second kappa shape index (κ2) is 4.28. The van der Waals surface area contributed by atoms with Crippen molar-refractivity contribution in [3.8, 4) is 0 Å². The zero-order chi connectivity index (χ0) is 9.97. The molecule has 1 amide bonds. The van der Waals surface area contributed by atoms with E-state index in [0.29, 0.717) is 18.8 Å². The van der Waals surface area contributed by atoms with E-state index in [4.69, 9.17) is 10.5 Å². The molecule has 1 atom stereocenters. The summed E-state index contributed by atoms with van der Waals surface area (Å²) in [5.41, 5.74) is 5.28. The maximum atomic E-state index is 11.1. The lowest BCUT2D eigenvalue weighted by Crippen LogP contribution is -2.46. The molecule has 3 N–H and O–H groups in total. The lowest BCUT2D eigenvalue weighted by Gasteiger charge is -2.27. The van der Waals surface area contributed by atoms with E-state index >= 15 is 0 Å². The van der Waals surface area contributed by atoms with Crippen molar-refractivity contribution in [3.05, 3.63) is 0 Å². The Labute approximate surface area is 84.2 Å². The van der Waals surface area contributed by atoms with Crippen LogP contribution in [0.5, 0.6) is 0 Å². The summed E-state index contributed by atoms with van der Waals surface area (Å²) in [5, 5.41) is 3.19. The molecule has 80 valence electrons. The molecule has 2 fully saturated rings. The minimum Gasteiger partial charge on any atom is -0.376 e. The molecule has 0 bridgehead atoms. The van der Waals surface area contributed by atoms with Gasteiger partial charge in [-0.3, -0.25) is 4.79 Å². The van der Waals surface area contributed by atoms with Crippen molar-refractivity contribution in [1.82, 2.24) is 5.32 Å². The summed E-state index contributed by atoms with van der Waals surface area (Å²) in [5.74, 6) is -0.295. The largest absolute Gasteiger partial charge is 0.376 e. The average Bonchev–Trinajstić information content (AvgIpc) is 2.82. The maximum Gasteiger partial charge on any atom is 0.236 e. The van der Waals surface area contributed by atoms with Gasteiger partial charge in [0.15, 0.2) is 0 Å². The highest BCUT2D eigenvalue weighted by Gasteiger charge is 2.28. The smallest absolute Gasteiger partial charge is 0.236 e. The Balaban J connectivity index is 1.68. The molecular weight excluding hydrogens is 180 g/mol. The third-order valence-electron chi connectivity index (χ3n) is 2.91. The summed E-state index contributed by atoms with van der Waals surface area (Å²) in [7, 11) is 0. The number of hydrogen-bond acceptors (Lipinski definition) is 3. The topological polar surface area (TPSA) is 64.4 Å². The first-order valence-corrected chi connectivity index (χ1v) is 5.42. The first kappa shape index (κ1) is 9.93. The monoisotopic (exact) mass is 198 g/mol. The van der Waals surface area contributed by atoms with Gasteiger partial charge in [-0.15, -0.1) is 0 Å². The molecule has 0 spiro atoms. The predicted octanol–water partition coefficient (Wildman–Crippen LogP) is 0.161. The molecule has 14 heavy (non-hydrogen) atoms. The fraction of sp³-hybridized carbons (Fsp3) is 0.900. The van der Waals surface area contributed by atoms with Gasteiger partial charge >= 0.3 is 0 Å². The molecule has 0 saturated heterocycles. The molecule has 0 aromatic carbocycles. The van der Waals surface area contributed by atoms with Crippen LogP contribution >= 0.6 is 0 Å². The standard InChI is InChI=1S/C10H18N2O2/c11-10(13)9(12-7-4-5-7)6-14-8-2-1-3-8/h7-9,12H,1-6H2,(H2,11,13). The Morgan fingerprint density at radius 1 is 1.43 bits per heavy atom. The van der Waals surface area contributed by atoms with Crippen LogP contribution in [0, 0.1) is 0 Å². The lowest BCUT2D eigenvalue weighted by atomic mass is 9.96. The molecule has 2 saturated carbocycles. The molecule has 4 heteroatoms.